The Morgan fingerprint density at radius 3 is 1.54 bits per heavy atom. The summed E-state index contributed by atoms with van der Waals surface area (Å²) in [5, 5.41) is 11.8. The smallest absolute Gasteiger partial charge is 0.444 e. The Bertz CT molecular complexity index is 2570. The lowest BCUT2D eigenvalue weighted by Crippen LogP contribution is -2.41. The van der Waals surface area contributed by atoms with Crippen LogP contribution in [0, 0.1) is 11.8 Å². The summed E-state index contributed by atoms with van der Waals surface area (Å²) in [5.41, 5.74) is 6.24. The molecule has 4 aliphatic carbocycles. The van der Waals surface area contributed by atoms with Crippen molar-refractivity contribution in [3.63, 3.8) is 0 Å². The number of aryl methyl sites for hydroxylation is 2. The number of alkyl carbamates (subject to hydrolysis) is 2. The van der Waals surface area contributed by atoms with Gasteiger partial charge >= 0.3 is 19.3 Å². The quantitative estimate of drug-likeness (QED) is 0.0980. The van der Waals surface area contributed by atoms with Crippen molar-refractivity contribution in [2.24, 2.45) is 11.8 Å². The molecular formula is C56H74BBrN6O8. The normalized spacial score (nSPS) is 20.0. The maximum Gasteiger partial charge on any atom is 0.494 e. The molecule has 3 heterocycles. The van der Waals surface area contributed by atoms with Crippen LogP contribution >= 0.6 is 15.9 Å². The lowest BCUT2D eigenvalue weighted by molar-refractivity contribution is -0.118. The molecule has 72 heavy (non-hydrogen) atoms. The first-order valence-corrected chi connectivity index (χ1v) is 26.5. The van der Waals surface area contributed by atoms with Crippen LogP contribution in [0.25, 0.3) is 11.1 Å². The fourth-order valence-electron chi connectivity index (χ4n) is 8.79. The minimum atomic E-state index is -0.518. The van der Waals surface area contributed by atoms with Crippen molar-refractivity contribution in [2.45, 2.75) is 181 Å². The zero-order valence-electron chi connectivity index (χ0n) is 43.8. The van der Waals surface area contributed by atoms with Crippen LogP contribution in [0.2, 0.25) is 0 Å². The van der Waals surface area contributed by atoms with Crippen molar-refractivity contribution in [1.29, 1.82) is 0 Å². The largest absolute Gasteiger partial charge is 0.494 e. The molecule has 4 N–H and O–H groups in total. The lowest BCUT2D eigenvalue weighted by atomic mass is 9.77. The third-order valence-corrected chi connectivity index (χ3v) is 14.1. The number of nitrogens with zero attached hydrogens (tertiary/aromatic N) is 2. The number of halogens is 1. The van der Waals surface area contributed by atoms with E-state index in [0.717, 1.165) is 104 Å². The van der Waals surface area contributed by atoms with E-state index in [1.165, 1.54) is 16.7 Å². The predicted molar refractivity (Wildman–Crippen MR) is 286 cm³/mol. The van der Waals surface area contributed by atoms with Crippen LogP contribution < -0.4 is 26.7 Å². The van der Waals surface area contributed by atoms with Crippen molar-refractivity contribution in [3.8, 4) is 11.1 Å². The van der Waals surface area contributed by atoms with E-state index in [9.17, 15) is 19.2 Å². The van der Waals surface area contributed by atoms with Crippen molar-refractivity contribution in [3.05, 3.63) is 99.8 Å². The maximum atomic E-state index is 12.3. The van der Waals surface area contributed by atoms with E-state index in [0.29, 0.717) is 11.6 Å². The average molecular weight is 1050 g/mol. The molecule has 386 valence electrons. The van der Waals surface area contributed by atoms with Crippen LogP contribution in [0.5, 0.6) is 0 Å². The Morgan fingerprint density at radius 1 is 0.597 bits per heavy atom. The van der Waals surface area contributed by atoms with Crippen LogP contribution in [0.3, 0.4) is 0 Å². The molecule has 1 aliphatic heterocycles. The fraction of sp³-hybridized carbons (Fsp3) is 0.536. The molecule has 0 radical (unpaired) electrons. The molecule has 9 rings (SSSR count). The van der Waals surface area contributed by atoms with E-state index in [4.69, 9.17) is 18.8 Å². The van der Waals surface area contributed by atoms with Crippen LogP contribution in [-0.2, 0) is 41.2 Å². The van der Waals surface area contributed by atoms with Crippen LogP contribution in [0.4, 0.5) is 21.2 Å². The van der Waals surface area contributed by atoms with Crippen LogP contribution in [0.1, 0.15) is 168 Å². The van der Waals surface area contributed by atoms with E-state index < -0.39 is 11.2 Å². The summed E-state index contributed by atoms with van der Waals surface area (Å²) in [6, 6.07) is 20.2. The van der Waals surface area contributed by atoms with Gasteiger partial charge in [0.25, 0.3) is 0 Å². The first-order chi connectivity index (χ1) is 33.9. The van der Waals surface area contributed by atoms with Crippen LogP contribution in [-0.4, -0.2) is 63.5 Å². The molecule has 2 aromatic heterocycles. The zero-order chi connectivity index (χ0) is 52.0. The minimum absolute atomic E-state index is 0.0281. The molecule has 2 saturated carbocycles. The van der Waals surface area contributed by atoms with Crippen molar-refractivity contribution in [1.82, 2.24) is 20.6 Å². The molecular weight excluding hydrogens is 975 g/mol. The van der Waals surface area contributed by atoms with Gasteiger partial charge in [0.05, 0.1) is 23.3 Å². The highest BCUT2D eigenvalue weighted by Gasteiger charge is 2.52. The maximum absolute atomic E-state index is 12.3. The number of anilines is 2. The molecule has 0 unspecified atom stereocenters. The Labute approximate surface area is 434 Å². The summed E-state index contributed by atoms with van der Waals surface area (Å²) in [4.78, 5) is 56.3. The van der Waals surface area contributed by atoms with Gasteiger partial charge in [-0.3, -0.25) is 9.59 Å². The number of aromatic nitrogens is 2. The van der Waals surface area contributed by atoms with Gasteiger partial charge in [-0.05, 0) is 197 Å². The number of rotatable bonds is 8. The van der Waals surface area contributed by atoms with Crippen LogP contribution in [0.15, 0.2) is 77.5 Å². The molecule has 0 bridgehead atoms. The van der Waals surface area contributed by atoms with Gasteiger partial charge in [-0.15, -0.1) is 0 Å². The van der Waals surface area contributed by atoms with E-state index >= 15 is 0 Å². The summed E-state index contributed by atoms with van der Waals surface area (Å²) in [6.45, 7) is 19.5. The Balaban J connectivity index is 0.000000170. The summed E-state index contributed by atoms with van der Waals surface area (Å²) in [6.07, 6.45) is 14.7. The summed E-state index contributed by atoms with van der Waals surface area (Å²) >= 11 is 3.31. The van der Waals surface area contributed by atoms with Crippen molar-refractivity contribution >= 4 is 64.1 Å². The summed E-state index contributed by atoms with van der Waals surface area (Å²) in [5.74, 6) is 1.72. The van der Waals surface area contributed by atoms with E-state index in [1.54, 1.807) is 18.5 Å². The highest BCUT2D eigenvalue weighted by atomic mass is 79.9. The van der Waals surface area contributed by atoms with Gasteiger partial charge in [-0.25, -0.2) is 19.6 Å². The standard InChI is InChI=1S/C25H31N3O3.C22H34BNO4.C9H9BrN2O/c1-25(2,3)31-24(30)27-21-7-5-4-6-19-14-17(10-11-20(19)21)18-12-13-26-22(15-18)28-23(29)16-8-9-16;1-20(2,3)26-19(25)24-18-11-9-8-10-15-14-16(12-13-17(15)18)23-27-21(4,5)22(6,7)28-23;10-7-3-4-11-8(5-7)12-9(13)6-1-2-6/h10-16,21H,4-9H2,1-3H3,(H,27,30)(H,26,28,29);12-14,18H,8-11H2,1-7H3,(H,24,25);3-6H,1-2H2,(H,11,12,13)/t21-;18-;/m11./s1. The molecule has 2 aromatic carbocycles. The van der Waals surface area contributed by atoms with Gasteiger partial charge in [0, 0.05) is 28.7 Å². The summed E-state index contributed by atoms with van der Waals surface area (Å²) < 4.78 is 24.3. The number of hydrogen-bond donors (Lipinski definition) is 4. The highest BCUT2D eigenvalue weighted by molar-refractivity contribution is 9.10. The number of benzene rings is 2. The molecule has 0 spiro atoms. The van der Waals surface area contributed by atoms with Gasteiger partial charge in [0.2, 0.25) is 11.8 Å². The second-order valence-electron chi connectivity index (χ2n) is 22.7. The zero-order valence-corrected chi connectivity index (χ0v) is 45.4. The highest BCUT2D eigenvalue weighted by Crippen LogP contribution is 2.38. The second kappa shape index (κ2) is 22.8. The van der Waals surface area contributed by atoms with Gasteiger partial charge in [0.1, 0.15) is 22.8 Å². The topological polar surface area (TPSA) is 179 Å². The Hall–Kier alpha value is -5.32. The molecule has 14 nitrogen and oxygen atoms in total. The number of fused-ring (bicyclic) bond motifs is 2. The number of hydrogen-bond acceptors (Lipinski definition) is 10. The van der Waals surface area contributed by atoms with Crippen molar-refractivity contribution in [2.75, 3.05) is 10.6 Å². The van der Waals surface area contributed by atoms with Gasteiger partial charge in [0.15, 0.2) is 0 Å². The molecule has 4 aromatic rings. The first kappa shape index (κ1) is 54.5. The number of carbonyl (C=O) groups is 4. The fourth-order valence-corrected chi connectivity index (χ4v) is 9.12. The molecule has 1 saturated heterocycles. The predicted octanol–water partition coefficient (Wildman–Crippen LogP) is 11.9. The van der Waals surface area contributed by atoms with E-state index in [2.05, 4.69) is 111 Å². The first-order valence-electron chi connectivity index (χ1n) is 25.7. The minimum Gasteiger partial charge on any atom is -0.444 e. The number of pyridine rings is 2. The third kappa shape index (κ3) is 15.6. The number of carbonyl (C=O) groups excluding carboxylic acids is 4. The molecule has 4 amide bonds. The molecule has 5 aliphatic rings. The molecule has 16 heteroatoms. The van der Waals surface area contributed by atoms with Gasteiger partial charge < -0.3 is 40.0 Å². The van der Waals surface area contributed by atoms with E-state index in [1.807, 2.05) is 59.7 Å². The number of nitrogens with one attached hydrogen (secondary N) is 4. The van der Waals surface area contributed by atoms with Gasteiger partial charge in [-0.2, -0.15) is 0 Å². The lowest BCUT2D eigenvalue weighted by Gasteiger charge is -2.32. The SMILES string of the molecule is CC(C)(C)OC(=O)N[C@@H]1CCCCc2cc(-c3ccnc(NC(=O)C4CC4)c3)ccc21.CC(C)(C)OC(=O)N[C@@H]1CCCCc2cc(B3OC(C)(C)C(C)(C)O3)ccc21.O=C(Nc1cc(Br)ccn1)C1CC1. The number of amides is 4. The average Bonchev–Trinajstić information content (AvgIpc) is 4.19. The molecule has 3 fully saturated rings. The Morgan fingerprint density at radius 2 is 1.06 bits per heavy atom. The monoisotopic (exact) mass is 1050 g/mol. The number of ether oxygens (including phenoxy) is 2. The third-order valence-electron chi connectivity index (χ3n) is 13.6. The van der Waals surface area contributed by atoms with Gasteiger partial charge in [-0.1, -0.05) is 65.2 Å². The van der Waals surface area contributed by atoms with E-state index in [-0.39, 0.29) is 66.2 Å². The van der Waals surface area contributed by atoms with Crippen molar-refractivity contribution < 1.29 is 38.0 Å². The molecule has 2 atom stereocenters. The Kier molecular flexibility index (Phi) is 17.3. The summed E-state index contributed by atoms with van der Waals surface area (Å²) in [7, 11) is -0.365. The second-order valence-corrected chi connectivity index (χ2v) is 23.6.